The van der Waals surface area contributed by atoms with Crippen molar-refractivity contribution in [2.45, 2.75) is 46.3 Å². The molecule has 2 atom stereocenters. The van der Waals surface area contributed by atoms with E-state index in [2.05, 4.69) is 10.6 Å². The molecule has 0 aliphatic rings. The van der Waals surface area contributed by atoms with Crippen LogP contribution >= 0.6 is 0 Å². The maximum Gasteiger partial charge on any atom is 0.242 e. The summed E-state index contributed by atoms with van der Waals surface area (Å²) in [5.41, 5.74) is -1.54. The van der Waals surface area contributed by atoms with Gasteiger partial charge in [0.25, 0.3) is 0 Å². The summed E-state index contributed by atoms with van der Waals surface area (Å²) >= 11 is 0. The predicted molar refractivity (Wildman–Crippen MR) is 79.2 cm³/mol. The first-order valence-corrected chi connectivity index (χ1v) is 6.81. The maximum absolute atomic E-state index is 11.9. The highest BCUT2D eigenvalue weighted by Crippen LogP contribution is 2.12. The van der Waals surface area contributed by atoms with Crippen LogP contribution in [0.25, 0.3) is 0 Å². The largest absolute Gasteiger partial charge is 0.387 e. The molecular weight excluding hydrogens is 258 g/mol. The standard InChI is InChI=1S/C14H29N3O3/c1-10(16-12(19)13(2,3)4)11(18)15-8-14(5,20)9-17(6)7/h10,20H,8-9H2,1-7H3,(H,15,18)(H,16,19). The van der Waals surface area contributed by atoms with Crippen LogP contribution in [-0.2, 0) is 9.59 Å². The molecular formula is C14H29N3O3. The molecule has 0 spiro atoms. The van der Waals surface area contributed by atoms with Crippen molar-refractivity contribution >= 4 is 11.8 Å². The number of hydrogen-bond acceptors (Lipinski definition) is 4. The fourth-order valence-electron chi connectivity index (χ4n) is 1.65. The molecule has 0 aromatic heterocycles. The van der Waals surface area contributed by atoms with E-state index in [-0.39, 0.29) is 18.4 Å². The average Bonchev–Trinajstić information content (AvgIpc) is 2.22. The van der Waals surface area contributed by atoms with Gasteiger partial charge in [-0.2, -0.15) is 0 Å². The van der Waals surface area contributed by atoms with Crippen LogP contribution in [0.3, 0.4) is 0 Å². The molecule has 0 aliphatic heterocycles. The molecule has 2 unspecified atom stereocenters. The van der Waals surface area contributed by atoms with Gasteiger partial charge in [0.05, 0.1) is 5.60 Å². The summed E-state index contributed by atoms with van der Waals surface area (Å²) in [5, 5.41) is 15.4. The van der Waals surface area contributed by atoms with E-state index in [0.29, 0.717) is 6.54 Å². The van der Waals surface area contributed by atoms with Gasteiger partial charge in [0.2, 0.25) is 11.8 Å². The Morgan fingerprint density at radius 1 is 1.20 bits per heavy atom. The lowest BCUT2D eigenvalue weighted by Gasteiger charge is -2.28. The zero-order chi connectivity index (χ0) is 16.1. The Balaban J connectivity index is 4.31. The van der Waals surface area contributed by atoms with Crippen LogP contribution in [0.15, 0.2) is 0 Å². The normalized spacial score (nSPS) is 16.4. The minimum absolute atomic E-state index is 0.139. The van der Waals surface area contributed by atoms with Crippen LogP contribution in [0.1, 0.15) is 34.6 Å². The summed E-state index contributed by atoms with van der Waals surface area (Å²) in [7, 11) is 3.70. The second-order valence-electron chi connectivity index (χ2n) is 6.90. The third-order valence-corrected chi connectivity index (χ3v) is 2.72. The third kappa shape index (κ3) is 7.45. The second kappa shape index (κ2) is 7.04. The van der Waals surface area contributed by atoms with Crippen LogP contribution in [0, 0.1) is 5.41 Å². The molecule has 0 bridgehead atoms. The minimum atomic E-state index is -1.01. The second-order valence-corrected chi connectivity index (χ2v) is 6.90. The van der Waals surface area contributed by atoms with Gasteiger partial charge in [-0.15, -0.1) is 0 Å². The first kappa shape index (κ1) is 18.9. The van der Waals surface area contributed by atoms with Crippen LogP contribution in [-0.4, -0.2) is 60.6 Å². The molecule has 0 saturated heterocycles. The lowest BCUT2D eigenvalue weighted by Crippen LogP contribution is -2.52. The number of carbonyl (C=O) groups excluding carboxylic acids is 2. The molecule has 20 heavy (non-hydrogen) atoms. The van der Waals surface area contributed by atoms with Crippen LogP contribution in [0.2, 0.25) is 0 Å². The van der Waals surface area contributed by atoms with Crippen LogP contribution in [0.5, 0.6) is 0 Å². The molecule has 0 aliphatic carbocycles. The molecule has 2 amide bonds. The van der Waals surface area contributed by atoms with E-state index in [9.17, 15) is 14.7 Å². The van der Waals surface area contributed by atoms with Gasteiger partial charge < -0.3 is 20.6 Å². The van der Waals surface area contributed by atoms with Gasteiger partial charge >= 0.3 is 0 Å². The molecule has 3 N–H and O–H groups in total. The summed E-state index contributed by atoms with van der Waals surface area (Å²) in [6.07, 6.45) is 0. The van der Waals surface area contributed by atoms with Crippen molar-refractivity contribution in [3.8, 4) is 0 Å². The number of aliphatic hydroxyl groups is 1. The molecule has 0 saturated carbocycles. The minimum Gasteiger partial charge on any atom is -0.387 e. The van der Waals surface area contributed by atoms with E-state index in [4.69, 9.17) is 0 Å². The quantitative estimate of drug-likeness (QED) is 0.640. The van der Waals surface area contributed by atoms with Crippen molar-refractivity contribution in [1.82, 2.24) is 15.5 Å². The fraction of sp³-hybridized carbons (Fsp3) is 0.857. The number of carbonyl (C=O) groups is 2. The van der Waals surface area contributed by atoms with Crippen LogP contribution in [0.4, 0.5) is 0 Å². The summed E-state index contributed by atoms with van der Waals surface area (Å²) in [6, 6.07) is -0.628. The third-order valence-electron chi connectivity index (χ3n) is 2.72. The Morgan fingerprint density at radius 2 is 1.70 bits per heavy atom. The van der Waals surface area contributed by atoms with Gasteiger partial charge in [-0.05, 0) is 27.9 Å². The van der Waals surface area contributed by atoms with Crippen molar-refractivity contribution in [1.29, 1.82) is 0 Å². The molecule has 0 fully saturated rings. The topological polar surface area (TPSA) is 81.7 Å². The van der Waals surface area contributed by atoms with E-state index >= 15 is 0 Å². The van der Waals surface area contributed by atoms with E-state index in [1.165, 1.54) is 0 Å². The highest BCUT2D eigenvalue weighted by atomic mass is 16.3. The SMILES string of the molecule is CC(NC(=O)C(C)(C)C)C(=O)NCC(C)(O)CN(C)C. The van der Waals surface area contributed by atoms with Gasteiger partial charge in [0.15, 0.2) is 0 Å². The van der Waals surface area contributed by atoms with E-state index in [0.717, 1.165) is 0 Å². The predicted octanol–water partition coefficient (Wildman–Crippen LogP) is -0.0340. The summed E-state index contributed by atoms with van der Waals surface area (Å²) in [5.74, 6) is -0.484. The zero-order valence-electron chi connectivity index (χ0n) is 13.7. The Bertz CT molecular complexity index is 346. The molecule has 0 rings (SSSR count). The molecule has 0 heterocycles. The molecule has 118 valence electrons. The smallest absolute Gasteiger partial charge is 0.242 e. The van der Waals surface area contributed by atoms with Crippen molar-refractivity contribution in [3.63, 3.8) is 0 Å². The van der Waals surface area contributed by atoms with Gasteiger partial charge in [-0.1, -0.05) is 20.8 Å². The first-order chi connectivity index (χ1) is 8.85. The zero-order valence-corrected chi connectivity index (χ0v) is 13.7. The lowest BCUT2D eigenvalue weighted by atomic mass is 9.95. The Hall–Kier alpha value is -1.14. The Labute approximate surface area is 121 Å². The summed E-state index contributed by atoms with van der Waals surface area (Å²) in [6.45, 7) is 9.22. The summed E-state index contributed by atoms with van der Waals surface area (Å²) < 4.78 is 0. The van der Waals surface area contributed by atoms with Crippen molar-refractivity contribution < 1.29 is 14.7 Å². The van der Waals surface area contributed by atoms with Gasteiger partial charge in [-0.25, -0.2) is 0 Å². The van der Waals surface area contributed by atoms with Crippen molar-refractivity contribution in [2.24, 2.45) is 5.41 Å². The average molecular weight is 287 g/mol. The molecule has 0 radical (unpaired) electrons. The molecule has 6 nitrogen and oxygen atoms in total. The van der Waals surface area contributed by atoms with Crippen molar-refractivity contribution in [3.05, 3.63) is 0 Å². The molecule has 0 aromatic carbocycles. The Morgan fingerprint density at radius 3 is 2.10 bits per heavy atom. The van der Waals surface area contributed by atoms with Gasteiger partial charge in [-0.3, -0.25) is 9.59 Å². The van der Waals surface area contributed by atoms with E-state index in [1.54, 1.807) is 34.6 Å². The van der Waals surface area contributed by atoms with Crippen LogP contribution < -0.4 is 10.6 Å². The number of rotatable bonds is 6. The van der Waals surface area contributed by atoms with Gasteiger partial charge in [0.1, 0.15) is 6.04 Å². The Kier molecular flexibility index (Phi) is 6.64. The first-order valence-electron chi connectivity index (χ1n) is 6.81. The number of nitrogens with one attached hydrogen (secondary N) is 2. The monoisotopic (exact) mass is 287 g/mol. The highest BCUT2D eigenvalue weighted by Gasteiger charge is 2.27. The number of nitrogens with zero attached hydrogens (tertiary/aromatic N) is 1. The van der Waals surface area contributed by atoms with Crippen molar-refractivity contribution in [2.75, 3.05) is 27.2 Å². The lowest BCUT2D eigenvalue weighted by molar-refractivity contribution is -0.133. The highest BCUT2D eigenvalue weighted by molar-refractivity contribution is 5.89. The maximum atomic E-state index is 11.9. The number of amides is 2. The van der Waals surface area contributed by atoms with Gasteiger partial charge in [0, 0.05) is 18.5 Å². The fourth-order valence-corrected chi connectivity index (χ4v) is 1.65. The summed E-state index contributed by atoms with van der Waals surface area (Å²) in [4.78, 5) is 25.5. The van der Waals surface area contributed by atoms with E-state index in [1.807, 2.05) is 19.0 Å². The molecule has 6 heteroatoms. The van der Waals surface area contributed by atoms with E-state index < -0.39 is 17.1 Å². The number of hydrogen-bond donors (Lipinski definition) is 3. The molecule has 0 aromatic rings. The number of likely N-dealkylation sites (N-methyl/N-ethyl adjacent to an activating group) is 1.